The predicted molar refractivity (Wildman–Crippen MR) is 116 cm³/mol. The van der Waals surface area contributed by atoms with Gasteiger partial charge in [-0.05, 0) is 48.7 Å². The Morgan fingerprint density at radius 2 is 1.86 bits per heavy atom. The van der Waals surface area contributed by atoms with Crippen molar-refractivity contribution in [1.82, 2.24) is 10.2 Å². The van der Waals surface area contributed by atoms with Gasteiger partial charge in [0.25, 0.3) is 0 Å². The highest BCUT2D eigenvalue weighted by molar-refractivity contribution is 6.30. The number of carbonyl (C=O) groups excluding carboxylic acids is 2. The minimum atomic E-state index is -0.585. The molecule has 2 aromatic rings. The maximum absolute atomic E-state index is 13.1. The average molecular weight is 417 g/mol. The number of hydrogen-bond acceptors (Lipinski definition) is 3. The molecule has 2 aromatic carbocycles. The molecule has 0 saturated heterocycles. The molecule has 0 heterocycles. The van der Waals surface area contributed by atoms with Gasteiger partial charge in [0.1, 0.15) is 11.8 Å². The first-order valence-corrected chi connectivity index (χ1v) is 10.3. The van der Waals surface area contributed by atoms with Crippen molar-refractivity contribution < 1.29 is 14.3 Å². The van der Waals surface area contributed by atoms with Gasteiger partial charge in [-0.15, -0.1) is 0 Å². The zero-order valence-corrected chi connectivity index (χ0v) is 18.0. The molecule has 0 bridgehead atoms. The van der Waals surface area contributed by atoms with Crippen LogP contribution in [0, 0.1) is 0 Å². The highest BCUT2D eigenvalue weighted by atomic mass is 35.5. The minimum Gasteiger partial charge on any atom is -0.497 e. The van der Waals surface area contributed by atoms with Gasteiger partial charge in [0, 0.05) is 18.1 Å². The lowest BCUT2D eigenvalue weighted by Crippen LogP contribution is -2.48. The van der Waals surface area contributed by atoms with E-state index >= 15 is 0 Å². The van der Waals surface area contributed by atoms with Crippen molar-refractivity contribution in [3.05, 3.63) is 64.7 Å². The number of ether oxygens (including phenoxy) is 1. The lowest BCUT2D eigenvalue weighted by atomic mass is 10.1. The summed E-state index contributed by atoms with van der Waals surface area (Å²) in [5, 5.41) is 3.55. The van der Waals surface area contributed by atoms with Crippen LogP contribution in [0.2, 0.25) is 5.02 Å². The van der Waals surface area contributed by atoms with E-state index in [0.717, 1.165) is 24.0 Å². The van der Waals surface area contributed by atoms with Crippen LogP contribution in [0.4, 0.5) is 0 Å². The lowest BCUT2D eigenvalue weighted by molar-refractivity contribution is -0.140. The number of rotatable bonds is 10. The topological polar surface area (TPSA) is 58.6 Å². The summed E-state index contributed by atoms with van der Waals surface area (Å²) in [4.78, 5) is 27.4. The van der Waals surface area contributed by atoms with E-state index in [-0.39, 0.29) is 18.2 Å². The Morgan fingerprint density at radius 1 is 1.14 bits per heavy atom. The number of carbonyl (C=O) groups is 2. The minimum absolute atomic E-state index is 0.117. The van der Waals surface area contributed by atoms with E-state index in [9.17, 15) is 9.59 Å². The first-order chi connectivity index (χ1) is 13.9. The smallest absolute Gasteiger partial charge is 0.242 e. The molecule has 0 spiro atoms. The number of unbranched alkanes of at least 4 members (excludes halogenated alkanes) is 1. The van der Waals surface area contributed by atoms with Gasteiger partial charge < -0.3 is 15.0 Å². The molecule has 0 fully saturated rings. The molecule has 5 nitrogen and oxygen atoms in total. The van der Waals surface area contributed by atoms with Gasteiger partial charge in [-0.3, -0.25) is 9.59 Å². The molecule has 0 aliphatic carbocycles. The first-order valence-electron chi connectivity index (χ1n) is 9.89. The van der Waals surface area contributed by atoms with Crippen LogP contribution in [0.25, 0.3) is 0 Å². The van der Waals surface area contributed by atoms with Gasteiger partial charge in [-0.1, -0.05) is 49.2 Å². The maximum atomic E-state index is 13.1. The highest BCUT2D eigenvalue weighted by Crippen LogP contribution is 2.18. The van der Waals surface area contributed by atoms with E-state index in [1.54, 1.807) is 31.1 Å². The summed E-state index contributed by atoms with van der Waals surface area (Å²) in [6.45, 7) is 4.77. The lowest BCUT2D eigenvalue weighted by Gasteiger charge is -2.29. The van der Waals surface area contributed by atoms with Gasteiger partial charge in [0.15, 0.2) is 0 Å². The van der Waals surface area contributed by atoms with Crippen LogP contribution in [0.3, 0.4) is 0 Å². The monoisotopic (exact) mass is 416 g/mol. The van der Waals surface area contributed by atoms with E-state index in [4.69, 9.17) is 16.3 Å². The quantitative estimate of drug-likeness (QED) is 0.590. The molecular formula is C23H29ClN2O3. The summed E-state index contributed by atoms with van der Waals surface area (Å²) in [5.74, 6) is 0.451. The van der Waals surface area contributed by atoms with E-state index < -0.39 is 6.04 Å². The third-order valence-corrected chi connectivity index (χ3v) is 5.00. The molecule has 29 heavy (non-hydrogen) atoms. The first kappa shape index (κ1) is 22.8. The SMILES string of the molecule is CCCCNC(=O)C(C)N(Cc1cccc(OC)c1)C(=O)Cc1ccc(Cl)cc1. The zero-order valence-electron chi connectivity index (χ0n) is 17.3. The van der Waals surface area contributed by atoms with Crippen molar-refractivity contribution in [3.8, 4) is 5.75 Å². The Balaban J connectivity index is 2.19. The predicted octanol–water partition coefficient (Wildman–Crippen LogP) is 4.22. The molecule has 156 valence electrons. The van der Waals surface area contributed by atoms with Crippen molar-refractivity contribution >= 4 is 23.4 Å². The number of hydrogen-bond donors (Lipinski definition) is 1. The molecule has 0 aliphatic rings. The molecule has 2 amide bonds. The molecule has 0 aromatic heterocycles. The van der Waals surface area contributed by atoms with E-state index in [0.29, 0.717) is 23.9 Å². The Hall–Kier alpha value is -2.53. The van der Waals surface area contributed by atoms with Gasteiger partial charge in [0.2, 0.25) is 11.8 Å². The summed E-state index contributed by atoms with van der Waals surface area (Å²) in [6, 6.07) is 14.1. The van der Waals surface area contributed by atoms with E-state index in [1.165, 1.54) is 0 Å². The van der Waals surface area contributed by atoms with Crippen LogP contribution in [-0.4, -0.2) is 36.4 Å². The average Bonchev–Trinajstić information content (AvgIpc) is 2.73. The Bertz CT molecular complexity index is 808. The van der Waals surface area contributed by atoms with Gasteiger partial charge in [-0.2, -0.15) is 0 Å². The third-order valence-electron chi connectivity index (χ3n) is 4.75. The van der Waals surface area contributed by atoms with Crippen LogP contribution < -0.4 is 10.1 Å². The summed E-state index contributed by atoms with van der Waals surface area (Å²) in [7, 11) is 1.60. The summed E-state index contributed by atoms with van der Waals surface area (Å²) in [5.41, 5.74) is 1.76. The number of benzene rings is 2. The molecule has 1 atom stereocenters. The second kappa shape index (κ2) is 11.5. The van der Waals surface area contributed by atoms with Crippen LogP contribution in [0.1, 0.15) is 37.8 Å². The number of nitrogens with zero attached hydrogens (tertiary/aromatic N) is 1. The van der Waals surface area contributed by atoms with Crippen LogP contribution in [0.15, 0.2) is 48.5 Å². The normalized spacial score (nSPS) is 11.6. The molecule has 2 rings (SSSR count). The fourth-order valence-electron chi connectivity index (χ4n) is 2.96. The van der Waals surface area contributed by atoms with Crippen molar-refractivity contribution in [2.75, 3.05) is 13.7 Å². The Labute approximate surface area is 178 Å². The van der Waals surface area contributed by atoms with Crippen molar-refractivity contribution in [1.29, 1.82) is 0 Å². The summed E-state index contributed by atoms with van der Waals surface area (Å²) in [6.07, 6.45) is 2.11. The largest absolute Gasteiger partial charge is 0.497 e. The van der Waals surface area contributed by atoms with E-state index in [1.807, 2.05) is 36.4 Å². The number of amides is 2. The Kier molecular flexibility index (Phi) is 9.00. The third kappa shape index (κ3) is 7.09. The number of nitrogens with one attached hydrogen (secondary N) is 1. The summed E-state index contributed by atoms with van der Waals surface area (Å²) < 4.78 is 5.28. The fraction of sp³-hybridized carbons (Fsp3) is 0.391. The van der Waals surface area contributed by atoms with Crippen molar-refractivity contribution in [2.45, 2.75) is 45.7 Å². The summed E-state index contributed by atoms with van der Waals surface area (Å²) >= 11 is 5.94. The number of halogens is 1. The fourth-order valence-corrected chi connectivity index (χ4v) is 3.09. The van der Waals surface area contributed by atoms with Gasteiger partial charge in [-0.25, -0.2) is 0 Å². The highest BCUT2D eigenvalue weighted by Gasteiger charge is 2.26. The van der Waals surface area contributed by atoms with Gasteiger partial charge in [0.05, 0.1) is 13.5 Å². The molecule has 0 aliphatic heterocycles. The van der Waals surface area contributed by atoms with Crippen LogP contribution in [-0.2, 0) is 22.6 Å². The second-order valence-electron chi connectivity index (χ2n) is 7.00. The zero-order chi connectivity index (χ0) is 21.2. The van der Waals surface area contributed by atoms with Gasteiger partial charge >= 0.3 is 0 Å². The van der Waals surface area contributed by atoms with Crippen LogP contribution >= 0.6 is 11.6 Å². The van der Waals surface area contributed by atoms with Crippen LogP contribution in [0.5, 0.6) is 5.75 Å². The van der Waals surface area contributed by atoms with Crippen molar-refractivity contribution in [2.24, 2.45) is 0 Å². The standard InChI is InChI=1S/C23H29ClN2O3/c1-4-5-13-25-23(28)17(2)26(16-19-7-6-8-21(14-19)29-3)22(27)15-18-9-11-20(24)12-10-18/h6-12,14,17H,4-5,13,15-16H2,1-3H3,(H,25,28). The molecule has 0 saturated carbocycles. The molecule has 6 heteroatoms. The Morgan fingerprint density at radius 3 is 2.52 bits per heavy atom. The molecule has 1 N–H and O–H groups in total. The molecule has 0 radical (unpaired) electrons. The maximum Gasteiger partial charge on any atom is 0.242 e. The number of methoxy groups -OCH3 is 1. The molecular weight excluding hydrogens is 388 g/mol. The molecule has 1 unspecified atom stereocenters. The van der Waals surface area contributed by atoms with E-state index in [2.05, 4.69) is 12.2 Å². The second-order valence-corrected chi connectivity index (χ2v) is 7.43. The van der Waals surface area contributed by atoms with Crippen molar-refractivity contribution in [3.63, 3.8) is 0 Å².